The van der Waals surface area contributed by atoms with Gasteiger partial charge in [-0.15, -0.1) is 0 Å². The van der Waals surface area contributed by atoms with Gasteiger partial charge in [-0.05, 0) is 36.9 Å². The van der Waals surface area contributed by atoms with Crippen LogP contribution in [0.15, 0.2) is 6.07 Å². The molecule has 1 N–H and O–H groups in total. The minimum Gasteiger partial charge on any atom is -0.486 e. The number of fused-ring (bicyclic) bond motifs is 1. The van der Waals surface area contributed by atoms with Gasteiger partial charge >= 0.3 is 0 Å². The van der Waals surface area contributed by atoms with E-state index in [1.54, 1.807) is 0 Å². The summed E-state index contributed by atoms with van der Waals surface area (Å²) in [5.41, 5.74) is 2.54. The zero-order valence-electron chi connectivity index (χ0n) is 12.2. The maximum Gasteiger partial charge on any atom is 0.180 e. The van der Waals surface area contributed by atoms with E-state index in [0.717, 1.165) is 24.5 Å². The topological polar surface area (TPSA) is 30.5 Å². The van der Waals surface area contributed by atoms with E-state index < -0.39 is 0 Å². The van der Waals surface area contributed by atoms with Crippen molar-refractivity contribution < 1.29 is 9.47 Å². The minimum absolute atomic E-state index is 0.384. The molecule has 0 saturated carbocycles. The SMILES string of the molecule is CC(C)c1c(C2CCCCN2)cc(Cl)c2c1OCCO2. The van der Waals surface area contributed by atoms with E-state index in [0.29, 0.717) is 30.2 Å². The molecule has 4 heteroatoms. The maximum absolute atomic E-state index is 6.41. The van der Waals surface area contributed by atoms with Crippen molar-refractivity contribution in [3.8, 4) is 11.5 Å². The Morgan fingerprint density at radius 3 is 2.60 bits per heavy atom. The molecule has 0 spiro atoms. The van der Waals surface area contributed by atoms with E-state index in [4.69, 9.17) is 21.1 Å². The smallest absolute Gasteiger partial charge is 0.180 e. The van der Waals surface area contributed by atoms with Crippen LogP contribution < -0.4 is 14.8 Å². The summed E-state index contributed by atoms with van der Waals surface area (Å²) >= 11 is 6.41. The van der Waals surface area contributed by atoms with Crippen molar-refractivity contribution >= 4 is 11.6 Å². The first-order chi connectivity index (χ1) is 9.68. The second kappa shape index (κ2) is 5.82. The van der Waals surface area contributed by atoms with Gasteiger partial charge in [0.1, 0.15) is 13.2 Å². The number of halogens is 1. The van der Waals surface area contributed by atoms with E-state index in [1.165, 1.54) is 24.0 Å². The fourth-order valence-electron chi connectivity index (χ4n) is 3.21. The lowest BCUT2D eigenvalue weighted by atomic mass is 9.88. The number of rotatable bonds is 2. The molecule has 3 nitrogen and oxygen atoms in total. The van der Waals surface area contributed by atoms with Crippen LogP contribution >= 0.6 is 11.6 Å². The van der Waals surface area contributed by atoms with Crippen LogP contribution in [0.25, 0.3) is 0 Å². The summed E-state index contributed by atoms with van der Waals surface area (Å²) in [6.45, 7) is 6.66. The van der Waals surface area contributed by atoms with Crippen molar-refractivity contribution in [3.05, 3.63) is 22.2 Å². The van der Waals surface area contributed by atoms with Crippen LogP contribution in [0.1, 0.15) is 56.2 Å². The zero-order chi connectivity index (χ0) is 14.1. The first-order valence-electron chi connectivity index (χ1n) is 7.53. The molecule has 0 radical (unpaired) electrons. The standard InChI is InChI=1S/C16H22ClNO2/c1-10(2)14-11(13-5-3-4-6-18-13)9-12(17)15-16(14)20-8-7-19-15/h9-10,13,18H,3-8H2,1-2H3. The summed E-state index contributed by atoms with van der Waals surface area (Å²) in [6, 6.07) is 2.46. The Labute approximate surface area is 125 Å². The third-order valence-electron chi connectivity index (χ3n) is 4.10. The monoisotopic (exact) mass is 295 g/mol. The van der Waals surface area contributed by atoms with Gasteiger partial charge in [0, 0.05) is 11.6 Å². The van der Waals surface area contributed by atoms with Crippen molar-refractivity contribution in [2.45, 2.75) is 45.1 Å². The highest BCUT2D eigenvalue weighted by molar-refractivity contribution is 6.32. The first kappa shape index (κ1) is 14.0. The average molecular weight is 296 g/mol. The van der Waals surface area contributed by atoms with Gasteiger partial charge in [-0.1, -0.05) is 31.9 Å². The van der Waals surface area contributed by atoms with Gasteiger partial charge in [0.2, 0.25) is 0 Å². The zero-order valence-corrected chi connectivity index (χ0v) is 12.9. The highest BCUT2D eigenvalue weighted by atomic mass is 35.5. The third-order valence-corrected chi connectivity index (χ3v) is 4.38. The van der Waals surface area contributed by atoms with Crippen molar-refractivity contribution in [2.24, 2.45) is 0 Å². The lowest BCUT2D eigenvalue weighted by Crippen LogP contribution is -2.28. The number of ether oxygens (including phenoxy) is 2. The van der Waals surface area contributed by atoms with Crippen LogP contribution in [0.4, 0.5) is 0 Å². The minimum atomic E-state index is 0.384. The largest absolute Gasteiger partial charge is 0.486 e. The molecule has 1 aromatic rings. The van der Waals surface area contributed by atoms with Crippen LogP contribution in [-0.2, 0) is 0 Å². The van der Waals surface area contributed by atoms with Crippen LogP contribution in [0.2, 0.25) is 5.02 Å². The summed E-state index contributed by atoms with van der Waals surface area (Å²) in [6.07, 6.45) is 3.68. The second-order valence-electron chi connectivity index (χ2n) is 5.87. The molecule has 3 rings (SSSR count). The molecule has 1 atom stereocenters. The predicted octanol–water partition coefficient (Wildman–Crippen LogP) is 4.05. The number of nitrogens with one attached hydrogen (secondary N) is 1. The van der Waals surface area contributed by atoms with Crippen molar-refractivity contribution in [1.29, 1.82) is 0 Å². The number of hydrogen-bond donors (Lipinski definition) is 1. The lowest BCUT2D eigenvalue weighted by molar-refractivity contribution is 0.169. The molecule has 2 aliphatic heterocycles. The fraction of sp³-hybridized carbons (Fsp3) is 0.625. The summed E-state index contributed by atoms with van der Waals surface area (Å²) in [5.74, 6) is 1.98. The molecule has 0 aromatic heterocycles. The number of piperidine rings is 1. The van der Waals surface area contributed by atoms with Gasteiger partial charge in [-0.3, -0.25) is 0 Å². The first-order valence-corrected chi connectivity index (χ1v) is 7.91. The van der Waals surface area contributed by atoms with Crippen LogP contribution in [-0.4, -0.2) is 19.8 Å². The molecule has 1 fully saturated rings. The van der Waals surface area contributed by atoms with Gasteiger partial charge < -0.3 is 14.8 Å². The van der Waals surface area contributed by atoms with Crippen LogP contribution in [0.5, 0.6) is 11.5 Å². The van der Waals surface area contributed by atoms with Crippen molar-refractivity contribution in [2.75, 3.05) is 19.8 Å². The Hall–Kier alpha value is -0.930. The van der Waals surface area contributed by atoms with Crippen molar-refractivity contribution in [3.63, 3.8) is 0 Å². The van der Waals surface area contributed by atoms with Crippen LogP contribution in [0, 0.1) is 0 Å². The molecular weight excluding hydrogens is 274 g/mol. The average Bonchev–Trinajstić information content (AvgIpc) is 2.47. The van der Waals surface area contributed by atoms with E-state index >= 15 is 0 Å². The molecule has 1 aromatic carbocycles. The van der Waals surface area contributed by atoms with Crippen LogP contribution in [0.3, 0.4) is 0 Å². The second-order valence-corrected chi connectivity index (χ2v) is 6.28. The Morgan fingerprint density at radius 2 is 1.95 bits per heavy atom. The van der Waals surface area contributed by atoms with E-state index in [-0.39, 0.29) is 0 Å². The Kier molecular flexibility index (Phi) is 4.08. The maximum atomic E-state index is 6.41. The molecule has 2 heterocycles. The third kappa shape index (κ3) is 2.49. The summed E-state index contributed by atoms with van der Waals surface area (Å²) in [4.78, 5) is 0. The van der Waals surface area contributed by atoms with Gasteiger partial charge in [0.25, 0.3) is 0 Å². The summed E-state index contributed by atoms with van der Waals surface area (Å²) in [5, 5.41) is 4.28. The van der Waals surface area contributed by atoms with E-state index in [1.807, 2.05) is 0 Å². The summed E-state index contributed by atoms with van der Waals surface area (Å²) < 4.78 is 11.6. The predicted molar refractivity (Wildman–Crippen MR) is 81.1 cm³/mol. The molecular formula is C16H22ClNO2. The number of hydrogen-bond acceptors (Lipinski definition) is 3. The Bertz CT molecular complexity index is 496. The lowest BCUT2D eigenvalue weighted by Gasteiger charge is -2.31. The van der Waals surface area contributed by atoms with Gasteiger partial charge in [-0.25, -0.2) is 0 Å². The molecule has 0 bridgehead atoms. The van der Waals surface area contributed by atoms with Gasteiger partial charge in [-0.2, -0.15) is 0 Å². The normalized spacial score (nSPS) is 22.1. The molecule has 2 aliphatic rings. The Morgan fingerprint density at radius 1 is 1.20 bits per heavy atom. The number of benzene rings is 1. The summed E-state index contributed by atoms with van der Waals surface area (Å²) in [7, 11) is 0. The molecule has 20 heavy (non-hydrogen) atoms. The quantitative estimate of drug-likeness (QED) is 0.893. The molecule has 1 unspecified atom stereocenters. The Balaban J connectivity index is 2.10. The highest BCUT2D eigenvalue weighted by Gasteiger charge is 2.28. The van der Waals surface area contributed by atoms with E-state index in [9.17, 15) is 0 Å². The highest BCUT2D eigenvalue weighted by Crippen LogP contribution is 2.47. The molecule has 0 aliphatic carbocycles. The van der Waals surface area contributed by atoms with Gasteiger partial charge in [0.15, 0.2) is 11.5 Å². The molecule has 0 amide bonds. The van der Waals surface area contributed by atoms with Gasteiger partial charge in [0.05, 0.1) is 5.02 Å². The molecule has 1 saturated heterocycles. The fourth-order valence-corrected chi connectivity index (χ4v) is 3.47. The van der Waals surface area contributed by atoms with Crippen molar-refractivity contribution in [1.82, 2.24) is 5.32 Å². The van der Waals surface area contributed by atoms with E-state index in [2.05, 4.69) is 25.2 Å². The molecule has 110 valence electrons.